The Bertz CT molecular complexity index is 410. The lowest BCUT2D eigenvalue weighted by Crippen LogP contribution is -2.15. The normalized spacial score (nSPS) is 17.5. The zero-order chi connectivity index (χ0) is 11.1. The van der Waals surface area contributed by atoms with E-state index >= 15 is 0 Å². The van der Waals surface area contributed by atoms with Crippen molar-refractivity contribution in [2.75, 3.05) is 6.61 Å². The lowest BCUT2D eigenvalue weighted by Gasteiger charge is -2.14. The van der Waals surface area contributed by atoms with E-state index in [2.05, 4.69) is 0 Å². The molecular formula is C11H13NO3. The Morgan fingerprint density at radius 3 is 2.67 bits per heavy atom. The Morgan fingerprint density at radius 2 is 2.20 bits per heavy atom. The number of hydrogen-bond acceptors (Lipinski definition) is 3. The van der Waals surface area contributed by atoms with Crippen LogP contribution in [-0.2, 0) is 5.41 Å². The van der Waals surface area contributed by atoms with Gasteiger partial charge in [0.1, 0.15) is 0 Å². The average Bonchev–Trinajstić information content (AvgIpc) is 2.98. The molecule has 15 heavy (non-hydrogen) atoms. The van der Waals surface area contributed by atoms with E-state index < -0.39 is 0 Å². The van der Waals surface area contributed by atoms with Crippen molar-refractivity contribution >= 4 is 5.69 Å². The maximum Gasteiger partial charge on any atom is 0.273 e. The first kappa shape index (κ1) is 10.1. The topological polar surface area (TPSA) is 63.4 Å². The summed E-state index contributed by atoms with van der Waals surface area (Å²) in [5.41, 5.74) is 1.42. The highest BCUT2D eigenvalue weighted by molar-refractivity contribution is 5.52. The molecule has 4 heteroatoms. The lowest BCUT2D eigenvalue weighted by atomic mass is 9.91. The summed E-state index contributed by atoms with van der Waals surface area (Å²) in [7, 11) is 0. The fourth-order valence-electron chi connectivity index (χ4n) is 2.13. The van der Waals surface area contributed by atoms with Crippen LogP contribution in [0.1, 0.15) is 24.0 Å². The zero-order valence-electron chi connectivity index (χ0n) is 8.56. The molecule has 1 fully saturated rings. The van der Waals surface area contributed by atoms with Gasteiger partial charge in [-0.3, -0.25) is 10.1 Å². The minimum Gasteiger partial charge on any atom is -0.395 e. The van der Waals surface area contributed by atoms with Crippen molar-refractivity contribution in [3.63, 3.8) is 0 Å². The van der Waals surface area contributed by atoms with E-state index in [0.717, 1.165) is 24.0 Å². The molecule has 0 radical (unpaired) electrons. The van der Waals surface area contributed by atoms with Crippen LogP contribution >= 0.6 is 0 Å². The summed E-state index contributed by atoms with van der Waals surface area (Å²) in [5.74, 6) is 0. The molecular weight excluding hydrogens is 194 g/mol. The van der Waals surface area contributed by atoms with Gasteiger partial charge in [-0.1, -0.05) is 12.1 Å². The molecule has 0 unspecified atom stereocenters. The molecule has 1 aliphatic rings. The summed E-state index contributed by atoms with van der Waals surface area (Å²) in [6.07, 6.45) is 1.68. The number of benzene rings is 1. The first-order valence-corrected chi connectivity index (χ1v) is 4.96. The van der Waals surface area contributed by atoms with Crippen LogP contribution in [0.2, 0.25) is 0 Å². The minimum atomic E-state index is -0.363. The van der Waals surface area contributed by atoms with Crippen molar-refractivity contribution in [1.82, 2.24) is 0 Å². The SMILES string of the molecule is Cc1cccc([N+](=O)[O-])c1C1(CO)CC1. The second kappa shape index (κ2) is 3.31. The van der Waals surface area contributed by atoms with E-state index in [0.29, 0.717) is 0 Å². The van der Waals surface area contributed by atoms with Crippen molar-refractivity contribution < 1.29 is 10.0 Å². The fraction of sp³-hybridized carbons (Fsp3) is 0.455. The maximum absolute atomic E-state index is 10.9. The van der Waals surface area contributed by atoms with Crippen LogP contribution in [0.3, 0.4) is 0 Å². The van der Waals surface area contributed by atoms with Gasteiger partial charge in [0, 0.05) is 17.0 Å². The first-order valence-electron chi connectivity index (χ1n) is 4.96. The largest absolute Gasteiger partial charge is 0.395 e. The third kappa shape index (κ3) is 1.51. The Kier molecular flexibility index (Phi) is 2.23. The second-order valence-electron chi connectivity index (χ2n) is 4.16. The van der Waals surface area contributed by atoms with Gasteiger partial charge in [0.05, 0.1) is 11.5 Å². The molecule has 1 aromatic rings. The summed E-state index contributed by atoms with van der Waals surface area (Å²) in [6.45, 7) is 1.86. The maximum atomic E-state index is 10.9. The molecule has 0 spiro atoms. The third-order valence-corrected chi connectivity index (χ3v) is 3.13. The summed E-state index contributed by atoms with van der Waals surface area (Å²) < 4.78 is 0. The molecule has 0 bridgehead atoms. The number of nitro benzene ring substituents is 1. The number of rotatable bonds is 3. The molecule has 1 aliphatic carbocycles. The fourth-order valence-corrected chi connectivity index (χ4v) is 2.13. The standard InChI is InChI=1S/C11H13NO3/c1-8-3-2-4-9(12(14)15)10(8)11(7-13)5-6-11/h2-4,13H,5-7H2,1H3. The Balaban J connectivity index is 2.58. The Hall–Kier alpha value is -1.42. The molecule has 1 saturated carbocycles. The first-order chi connectivity index (χ1) is 7.10. The predicted molar refractivity (Wildman–Crippen MR) is 55.8 cm³/mol. The lowest BCUT2D eigenvalue weighted by molar-refractivity contribution is -0.385. The van der Waals surface area contributed by atoms with Crippen molar-refractivity contribution in [3.05, 3.63) is 39.4 Å². The van der Waals surface area contributed by atoms with E-state index in [1.807, 2.05) is 13.0 Å². The second-order valence-corrected chi connectivity index (χ2v) is 4.16. The van der Waals surface area contributed by atoms with Crippen LogP contribution in [0.5, 0.6) is 0 Å². The number of hydrogen-bond donors (Lipinski definition) is 1. The molecule has 1 aromatic carbocycles. The van der Waals surface area contributed by atoms with E-state index in [4.69, 9.17) is 0 Å². The predicted octanol–water partition coefficient (Wildman–Crippen LogP) is 1.93. The summed E-state index contributed by atoms with van der Waals surface area (Å²) in [4.78, 5) is 10.5. The minimum absolute atomic E-state index is 0.00130. The number of nitro groups is 1. The third-order valence-electron chi connectivity index (χ3n) is 3.13. The van der Waals surface area contributed by atoms with Gasteiger partial charge in [-0.25, -0.2) is 0 Å². The highest BCUT2D eigenvalue weighted by Crippen LogP contribution is 2.51. The van der Waals surface area contributed by atoms with Crippen LogP contribution in [-0.4, -0.2) is 16.6 Å². The molecule has 0 amide bonds. The Labute approximate surface area is 87.7 Å². The molecule has 0 heterocycles. The smallest absolute Gasteiger partial charge is 0.273 e. The number of aliphatic hydroxyl groups is 1. The van der Waals surface area contributed by atoms with Crippen LogP contribution in [0.4, 0.5) is 5.69 Å². The van der Waals surface area contributed by atoms with Gasteiger partial charge in [-0.2, -0.15) is 0 Å². The van der Waals surface area contributed by atoms with Gasteiger partial charge in [-0.15, -0.1) is 0 Å². The molecule has 1 N–H and O–H groups in total. The van der Waals surface area contributed by atoms with Crippen LogP contribution < -0.4 is 0 Å². The highest BCUT2D eigenvalue weighted by atomic mass is 16.6. The molecule has 2 rings (SSSR count). The van der Waals surface area contributed by atoms with Gasteiger partial charge in [-0.05, 0) is 25.3 Å². The molecule has 0 aliphatic heterocycles. The number of aliphatic hydroxyl groups excluding tert-OH is 1. The van der Waals surface area contributed by atoms with Crippen molar-refractivity contribution in [2.24, 2.45) is 0 Å². The van der Waals surface area contributed by atoms with Crippen LogP contribution in [0.15, 0.2) is 18.2 Å². The summed E-state index contributed by atoms with van der Waals surface area (Å²) in [5, 5.41) is 20.2. The summed E-state index contributed by atoms with van der Waals surface area (Å²) >= 11 is 0. The van der Waals surface area contributed by atoms with E-state index in [9.17, 15) is 15.2 Å². The van der Waals surface area contributed by atoms with Crippen molar-refractivity contribution in [3.8, 4) is 0 Å². The quantitative estimate of drug-likeness (QED) is 0.608. The molecule has 0 atom stereocenters. The van der Waals surface area contributed by atoms with Gasteiger partial charge in [0.2, 0.25) is 0 Å². The monoisotopic (exact) mass is 207 g/mol. The number of nitrogens with zero attached hydrogens (tertiary/aromatic N) is 1. The average molecular weight is 207 g/mol. The molecule has 0 saturated heterocycles. The van der Waals surface area contributed by atoms with E-state index in [-0.39, 0.29) is 22.6 Å². The van der Waals surface area contributed by atoms with Crippen LogP contribution in [0.25, 0.3) is 0 Å². The number of aryl methyl sites for hydroxylation is 1. The molecule has 0 aromatic heterocycles. The summed E-state index contributed by atoms with van der Waals surface area (Å²) in [6, 6.07) is 5.06. The van der Waals surface area contributed by atoms with Gasteiger partial charge in [0.25, 0.3) is 5.69 Å². The molecule has 4 nitrogen and oxygen atoms in total. The van der Waals surface area contributed by atoms with E-state index in [1.165, 1.54) is 6.07 Å². The molecule has 80 valence electrons. The van der Waals surface area contributed by atoms with Gasteiger partial charge >= 0.3 is 0 Å². The Morgan fingerprint density at radius 1 is 1.53 bits per heavy atom. The van der Waals surface area contributed by atoms with Gasteiger partial charge < -0.3 is 5.11 Å². The van der Waals surface area contributed by atoms with Gasteiger partial charge in [0.15, 0.2) is 0 Å². The van der Waals surface area contributed by atoms with E-state index in [1.54, 1.807) is 6.07 Å². The van der Waals surface area contributed by atoms with Crippen molar-refractivity contribution in [1.29, 1.82) is 0 Å². The highest BCUT2D eigenvalue weighted by Gasteiger charge is 2.48. The van der Waals surface area contributed by atoms with Crippen LogP contribution in [0, 0.1) is 17.0 Å². The van der Waals surface area contributed by atoms with Crippen molar-refractivity contribution in [2.45, 2.75) is 25.2 Å². The zero-order valence-corrected chi connectivity index (χ0v) is 8.56.